The van der Waals surface area contributed by atoms with Crippen LogP contribution >= 0.6 is 0 Å². The molecule has 0 fully saturated rings. The van der Waals surface area contributed by atoms with Crippen LogP contribution in [-0.2, 0) is 11.2 Å². The van der Waals surface area contributed by atoms with E-state index in [0.29, 0.717) is 5.56 Å². The number of carboxylic acid groups (broad SMARTS) is 1. The second-order valence-corrected chi connectivity index (χ2v) is 3.11. The summed E-state index contributed by atoms with van der Waals surface area (Å²) in [5.74, 6) is -0.738. The summed E-state index contributed by atoms with van der Waals surface area (Å²) in [7, 11) is 0. The van der Waals surface area contributed by atoms with Crippen LogP contribution in [0.3, 0.4) is 0 Å². The maximum absolute atomic E-state index is 10.5. The van der Waals surface area contributed by atoms with Crippen molar-refractivity contribution < 1.29 is 15.0 Å². The number of nitrogens with one attached hydrogen (secondary N) is 1. The van der Waals surface area contributed by atoms with Gasteiger partial charge in [-0.1, -0.05) is 0 Å². The fraction of sp³-hybridized carbons (Fsp3) is 0.100. The Morgan fingerprint density at radius 1 is 1.43 bits per heavy atom. The largest absolute Gasteiger partial charge is 0.508 e. The Kier molecular flexibility index (Phi) is 1.89. The third kappa shape index (κ3) is 1.42. The lowest BCUT2D eigenvalue weighted by Crippen LogP contribution is -1.98. The van der Waals surface area contributed by atoms with Gasteiger partial charge in [0.1, 0.15) is 5.75 Å². The molecule has 0 aliphatic carbocycles. The number of carbonyl (C=O) groups is 1. The molecule has 2 rings (SSSR count). The molecule has 0 aliphatic rings. The lowest BCUT2D eigenvalue weighted by molar-refractivity contribution is -0.136. The van der Waals surface area contributed by atoms with Gasteiger partial charge in [0.15, 0.2) is 0 Å². The van der Waals surface area contributed by atoms with E-state index in [1.54, 1.807) is 24.4 Å². The van der Waals surface area contributed by atoms with Crippen LogP contribution in [0.1, 0.15) is 5.56 Å². The van der Waals surface area contributed by atoms with E-state index < -0.39 is 5.97 Å². The average Bonchev–Trinajstić information content (AvgIpc) is 2.47. The fourth-order valence-corrected chi connectivity index (χ4v) is 1.48. The van der Waals surface area contributed by atoms with Crippen LogP contribution in [0.15, 0.2) is 24.4 Å². The molecule has 0 unspecified atom stereocenters. The predicted molar refractivity (Wildman–Crippen MR) is 51.3 cm³/mol. The maximum atomic E-state index is 10.5. The van der Waals surface area contributed by atoms with Crippen LogP contribution in [0.25, 0.3) is 10.9 Å². The van der Waals surface area contributed by atoms with Gasteiger partial charge in [-0.25, -0.2) is 0 Å². The third-order valence-corrected chi connectivity index (χ3v) is 2.09. The number of phenolic OH excluding ortho intramolecular Hbond substituents is 1. The first-order valence-corrected chi connectivity index (χ1v) is 4.17. The molecule has 0 amide bonds. The molecule has 0 saturated carbocycles. The number of aromatic amines is 1. The second-order valence-electron chi connectivity index (χ2n) is 3.11. The zero-order valence-electron chi connectivity index (χ0n) is 7.32. The number of aromatic nitrogens is 1. The van der Waals surface area contributed by atoms with Crippen molar-refractivity contribution in [3.63, 3.8) is 0 Å². The van der Waals surface area contributed by atoms with Crippen molar-refractivity contribution in [1.82, 2.24) is 4.98 Å². The van der Waals surface area contributed by atoms with E-state index in [-0.39, 0.29) is 12.2 Å². The summed E-state index contributed by atoms with van der Waals surface area (Å²) in [4.78, 5) is 13.5. The molecular formula is C10H9NO3. The summed E-state index contributed by atoms with van der Waals surface area (Å²) in [6.45, 7) is 0. The number of fused-ring (bicyclic) bond motifs is 1. The molecule has 3 N–H and O–H groups in total. The number of aliphatic carboxylic acids is 1. The number of benzene rings is 1. The highest BCUT2D eigenvalue weighted by Gasteiger charge is 2.07. The van der Waals surface area contributed by atoms with E-state index in [1.165, 1.54) is 0 Å². The molecule has 4 heteroatoms. The number of rotatable bonds is 2. The van der Waals surface area contributed by atoms with E-state index in [4.69, 9.17) is 5.11 Å². The van der Waals surface area contributed by atoms with Gasteiger partial charge in [0.05, 0.1) is 6.42 Å². The van der Waals surface area contributed by atoms with Gasteiger partial charge >= 0.3 is 5.97 Å². The van der Waals surface area contributed by atoms with Gasteiger partial charge in [0.2, 0.25) is 0 Å². The van der Waals surface area contributed by atoms with Gasteiger partial charge in [-0.2, -0.15) is 0 Å². The number of H-pyrrole nitrogens is 1. The summed E-state index contributed by atoms with van der Waals surface area (Å²) in [5.41, 5.74) is 1.52. The van der Waals surface area contributed by atoms with Crippen molar-refractivity contribution in [3.05, 3.63) is 30.0 Å². The molecule has 1 aromatic heterocycles. The van der Waals surface area contributed by atoms with Crippen LogP contribution in [0.2, 0.25) is 0 Å². The van der Waals surface area contributed by atoms with Crippen LogP contribution in [0.4, 0.5) is 0 Å². The summed E-state index contributed by atoms with van der Waals surface area (Å²) >= 11 is 0. The first-order chi connectivity index (χ1) is 6.66. The van der Waals surface area contributed by atoms with E-state index in [1.807, 2.05) is 0 Å². The van der Waals surface area contributed by atoms with E-state index in [9.17, 15) is 9.90 Å². The van der Waals surface area contributed by atoms with Gasteiger partial charge in [-0.05, 0) is 23.8 Å². The summed E-state index contributed by atoms with van der Waals surface area (Å²) < 4.78 is 0. The van der Waals surface area contributed by atoms with Gasteiger partial charge < -0.3 is 15.2 Å². The Bertz CT molecular complexity index is 487. The molecule has 14 heavy (non-hydrogen) atoms. The third-order valence-electron chi connectivity index (χ3n) is 2.09. The predicted octanol–water partition coefficient (Wildman–Crippen LogP) is 1.50. The SMILES string of the molecule is O=[13C](O)[13CH2]c1[13cH][nH]c2ccc(O)cc12. The van der Waals surface area contributed by atoms with Gasteiger partial charge in [0, 0.05) is 17.1 Å². The van der Waals surface area contributed by atoms with Gasteiger partial charge in [-0.3, -0.25) is 4.79 Å². The Morgan fingerprint density at radius 2 is 2.21 bits per heavy atom. The molecule has 2 aromatic rings. The number of hydrogen-bond acceptors (Lipinski definition) is 2. The smallest absolute Gasteiger partial charge is 0.307 e. The maximum Gasteiger partial charge on any atom is 0.307 e. The Labute approximate surface area is 79.8 Å². The molecule has 0 bridgehead atoms. The van der Waals surface area contributed by atoms with Crippen molar-refractivity contribution in [3.8, 4) is 5.75 Å². The minimum Gasteiger partial charge on any atom is -0.508 e. The van der Waals surface area contributed by atoms with Gasteiger partial charge in [-0.15, -0.1) is 0 Å². The molecule has 0 atom stereocenters. The van der Waals surface area contributed by atoms with Crippen LogP contribution in [0, 0.1) is 0 Å². The van der Waals surface area contributed by atoms with Gasteiger partial charge in [0.25, 0.3) is 0 Å². The highest BCUT2D eigenvalue weighted by atomic mass is 16.5. The first kappa shape index (κ1) is 8.62. The number of phenols is 1. The first-order valence-electron chi connectivity index (χ1n) is 4.17. The molecule has 4 nitrogen and oxygen atoms in total. The van der Waals surface area contributed by atoms with Crippen LogP contribution in [-0.4, -0.2) is 21.2 Å². The zero-order valence-corrected chi connectivity index (χ0v) is 7.32. The lowest BCUT2D eigenvalue weighted by atomic mass is 10.2. The molecule has 72 valence electrons. The summed E-state index contributed by atoms with van der Waals surface area (Å²) in [6.07, 6.45) is 1.61. The van der Waals surface area contributed by atoms with Crippen LogP contribution in [0.5, 0.6) is 5.75 Å². The number of hydrogen-bond donors (Lipinski definition) is 3. The van der Waals surface area contributed by atoms with Crippen molar-refractivity contribution in [1.29, 1.82) is 0 Å². The Hall–Kier alpha value is -1.97. The zero-order chi connectivity index (χ0) is 10.1. The molecule has 0 saturated heterocycles. The van der Waals surface area contributed by atoms with Crippen LogP contribution < -0.4 is 0 Å². The molecule has 1 aromatic carbocycles. The van der Waals surface area contributed by atoms with Crippen molar-refractivity contribution in [2.75, 3.05) is 0 Å². The topological polar surface area (TPSA) is 73.3 Å². The fourth-order valence-electron chi connectivity index (χ4n) is 1.48. The van der Waals surface area contributed by atoms with Crippen molar-refractivity contribution >= 4 is 16.9 Å². The molecule has 0 radical (unpaired) electrons. The van der Waals surface area contributed by atoms with Crippen molar-refractivity contribution in [2.24, 2.45) is 0 Å². The minimum atomic E-state index is -0.880. The highest BCUT2D eigenvalue weighted by Crippen LogP contribution is 2.23. The lowest BCUT2D eigenvalue weighted by Gasteiger charge is -1.95. The standard InChI is InChI=1S/C10H9NO3/c12-7-1-2-9-8(4-7)6(5-11-9)3-10(13)14/h1-2,4-5,11-12H,3H2,(H,13,14)/i3+1,5+1,10+1. The molecule has 1 heterocycles. The molecular weight excluding hydrogens is 185 g/mol. The highest BCUT2D eigenvalue weighted by molar-refractivity contribution is 5.87. The molecule has 0 aliphatic heterocycles. The minimum absolute atomic E-state index is 0.0382. The van der Waals surface area contributed by atoms with E-state index in [2.05, 4.69) is 4.98 Å². The van der Waals surface area contributed by atoms with Crippen molar-refractivity contribution in [2.45, 2.75) is 6.42 Å². The van der Waals surface area contributed by atoms with E-state index >= 15 is 0 Å². The quantitative estimate of drug-likeness (QED) is 0.634. The normalized spacial score (nSPS) is 10.6. The number of carboxylic acids is 1. The second kappa shape index (κ2) is 3.06. The monoisotopic (exact) mass is 194 g/mol. The number of aromatic hydroxyl groups is 1. The molecule has 0 spiro atoms. The van der Waals surface area contributed by atoms with E-state index in [0.717, 1.165) is 10.9 Å². The average molecular weight is 194 g/mol. The Balaban J connectivity index is 2.55. The Morgan fingerprint density at radius 3 is 2.93 bits per heavy atom. The summed E-state index contributed by atoms with van der Waals surface area (Å²) in [5, 5.41) is 18.6. The summed E-state index contributed by atoms with van der Waals surface area (Å²) in [6, 6.07) is 4.84.